The van der Waals surface area contributed by atoms with Crippen LogP contribution in [0.1, 0.15) is 25.0 Å². The zero-order chi connectivity index (χ0) is 16.0. The molecule has 2 amide bonds. The predicted molar refractivity (Wildman–Crippen MR) is 83.5 cm³/mol. The van der Waals surface area contributed by atoms with Gasteiger partial charge in [-0.05, 0) is 18.4 Å². The van der Waals surface area contributed by atoms with Crippen LogP contribution >= 0.6 is 0 Å². The summed E-state index contributed by atoms with van der Waals surface area (Å²) in [5.74, 6) is -0.382. The lowest BCUT2D eigenvalue weighted by atomic mass is 10.1. The molecule has 0 unspecified atom stereocenters. The number of aryl methyl sites for hydroxylation is 1. The van der Waals surface area contributed by atoms with Crippen molar-refractivity contribution in [1.29, 1.82) is 0 Å². The number of nitrogens with two attached hydrogens (primary N) is 1. The van der Waals surface area contributed by atoms with E-state index in [0.717, 1.165) is 5.56 Å². The average molecular weight is 291 g/mol. The summed E-state index contributed by atoms with van der Waals surface area (Å²) in [5, 5.41) is 2.58. The van der Waals surface area contributed by atoms with Crippen LogP contribution in [0, 0.1) is 12.8 Å². The normalized spacial score (nSPS) is 12.1. The molecule has 0 aliphatic rings. The van der Waals surface area contributed by atoms with Crippen molar-refractivity contribution in [2.75, 3.05) is 13.6 Å². The van der Waals surface area contributed by atoms with Gasteiger partial charge in [-0.25, -0.2) is 0 Å². The number of likely N-dealkylation sites (N-methyl/N-ethyl adjacent to an activating group) is 1. The summed E-state index contributed by atoms with van der Waals surface area (Å²) in [5.41, 5.74) is 7.96. The molecule has 0 saturated carbocycles. The monoisotopic (exact) mass is 291 g/mol. The molecule has 0 aromatic heterocycles. The van der Waals surface area contributed by atoms with Crippen LogP contribution in [0.15, 0.2) is 24.3 Å². The van der Waals surface area contributed by atoms with Crippen molar-refractivity contribution in [3.05, 3.63) is 35.4 Å². The molecule has 0 spiro atoms. The van der Waals surface area contributed by atoms with Gasteiger partial charge in [-0.15, -0.1) is 0 Å². The van der Waals surface area contributed by atoms with Gasteiger partial charge in [0.1, 0.15) is 0 Å². The predicted octanol–water partition coefficient (Wildman–Crippen LogP) is 1.05. The fraction of sp³-hybridized carbons (Fsp3) is 0.500. The van der Waals surface area contributed by atoms with Gasteiger partial charge in [-0.2, -0.15) is 0 Å². The highest BCUT2D eigenvalue weighted by atomic mass is 16.2. The minimum absolute atomic E-state index is 0.0262. The number of hydrogen-bond acceptors (Lipinski definition) is 3. The third kappa shape index (κ3) is 5.55. The summed E-state index contributed by atoms with van der Waals surface area (Å²) in [6.45, 7) is 6.25. The van der Waals surface area contributed by atoms with Gasteiger partial charge < -0.3 is 16.0 Å². The van der Waals surface area contributed by atoms with Crippen molar-refractivity contribution in [1.82, 2.24) is 10.2 Å². The molecule has 116 valence electrons. The van der Waals surface area contributed by atoms with E-state index in [9.17, 15) is 9.59 Å². The summed E-state index contributed by atoms with van der Waals surface area (Å²) in [6, 6.07) is 7.42. The van der Waals surface area contributed by atoms with Crippen molar-refractivity contribution >= 4 is 11.8 Å². The SMILES string of the molecule is Cc1ccc(CN(C)C(=O)CNC(=O)[C@@H](N)C(C)C)cc1. The molecular formula is C16H25N3O2. The maximum atomic E-state index is 12.0. The Balaban J connectivity index is 2.44. The summed E-state index contributed by atoms with van der Waals surface area (Å²) in [4.78, 5) is 25.3. The van der Waals surface area contributed by atoms with E-state index in [4.69, 9.17) is 5.73 Å². The van der Waals surface area contributed by atoms with Gasteiger partial charge in [0.05, 0.1) is 12.6 Å². The Kier molecular flexibility index (Phi) is 6.37. The lowest BCUT2D eigenvalue weighted by molar-refractivity contribution is -0.132. The minimum Gasteiger partial charge on any atom is -0.346 e. The highest BCUT2D eigenvalue weighted by Gasteiger charge is 2.18. The Morgan fingerprint density at radius 3 is 2.33 bits per heavy atom. The molecule has 1 atom stereocenters. The summed E-state index contributed by atoms with van der Waals surface area (Å²) < 4.78 is 0. The first-order valence-corrected chi connectivity index (χ1v) is 7.14. The van der Waals surface area contributed by atoms with Crippen LogP contribution < -0.4 is 11.1 Å². The van der Waals surface area contributed by atoms with Crippen molar-refractivity contribution in [3.8, 4) is 0 Å². The average Bonchev–Trinajstić information content (AvgIpc) is 2.45. The van der Waals surface area contributed by atoms with Gasteiger partial charge >= 0.3 is 0 Å². The number of hydrogen-bond donors (Lipinski definition) is 2. The Morgan fingerprint density at radius 2 is 1.81 bits per heavy atom. The summed E-state index contributed by atoms with van der Waals surface area (Å²) in [7, 11) is 1.72. The topological polar surface area (TPSA) is 75.4 Å². The number of carbonyl (C=O) groups is 2. The lowest BCUT2D eigenvalue weighted by Gasteiger charge is -2.19. The lowest BCUT2D eigenvalue weighted by Crippen LogP contribution is -2.47. The maximum Gasteiger partial charge on any atom is 0.242 e. The highest BCUT2D eigenvalue weighted by molar-refractivity contribution is 5.87. The highest BCUT2D eigenvalue weighted by Crippen LogP contribution is 2.06. The molecule has 0 radical (unpaired) electrons. The van der Waals surface area contributed by atoms with Crippen LogP contribution in [0.4, 0.5) is 0 Å². The van der Waals surface area contributed by atoms with Crippen LogP contribution in [0.25, 0.3) is 0 Å². The zero-order valence-electron chi connectivity index (χ0n) is 13.2. The van der Waals surface area contributed by atoms with E-state index in [1.54, 1.807) is 11.9 Å². The van der Waals surface area contributed by atoms with Gasteiger partial charge in [0.15, 0.2) is 0 Å². The molecule has 0 saturated heterocycles. The van der Waals surface area contributed by atoms with E-state index in [2.05, 4.69) is 5.32 Å². The van der Waals surface area contributed by atoms with Crippen LogP contribution in [-0.2, 0) is 16.1 Å². The first kappa shape index (κ1) is 17.2. The molecule has 0 fully saturated rings. The molecule has 21 heavy (non-hydrogen) atoms. The standard InChI is InChI=1S/C16H25N3O2/c1-11(2)15(17)16(21)18-9-14(20)19(4)10-13-7-5-12(3)6-8-13/h5-8,11,15H,9-10,17H2,1-4H3,(H,18,21)/t15-/m0/s1. The first-order valence-electron chi connectivity index (χ1n) is 7.14. The summed E-state index contributed by atoms with van der Waals surface area (Å²) in [6.07, 6.45) is 0. The third-order valence-electron chi connectivity index (χ3n) is 3.40. The van der Waals surface area contributed by atoms with E-state index in [1.807, 2.05) is 45.0 Å². The third-order valence-corrected chi connectivity index (χ3v) is 3.40. The Morgan fingerprint density at radius 1 is 1.24 bits per heavy atom. The molecular weight excluding hydrogens is 266 g/mol. The molecule has 0 aliphatic heterocycles. The number of carbonyl (C=O) groups excluding carboxylic acids is 2. The van der Waals surface area contributed by atoms with Crippen molar-refractivity contribution in [2.45, 2.75) is 33.4 Å². The maximum absolute atomic E-state index is 12.0. The molecule has 0 bridgehead atoms. The van der Waals surface area contributed by atoms with Crippen molar-refractivity contribution < 1.29 is 9.59 Å². The number of amides is 2. The molecule has 0 aliphatic carbocycles. The van der Waals surface area contributed by atoms with Crippen LogP contribution in [0.5, 0.6) is 0 Å². The molecule has 1 rings (SSSR count). The Bertz CT molecular complexity index is 483. The van der Waals surface area contributed by atoms with Crippen molar-refractivity contribution in [3.63, 3.8) is 0 Å². The molecule has 1 aromatic rings. The largest absolute Gasteiger partial charge is 0.346 e. The van der Waals surface area contributed by atoms with E-state index < -0.39 is 6.04 Å². The van der Waals surface area contributed by atoms with E-state index in [0.29, 0.717) is 6.54 Å². The molecule has 1 aromatic carbocycles. The number of nitrogens with one attached hydrogen (secondary N) is 1. The van der Waals surface area contributed by atoms with Gasteiger partial charge in [-0.1, -0.05) is 43.7 Å². The van der Waals surface area contributed by atoms with Gasteiger partial charge in [0, 0.05) is 13.6 Å². The first-order chi connectivity index (χ1) is 9.81. The zero-order valence-corrected chi connectivity index (χ0v) is 13.2. The second-order valence-corrected chi connectivity index (χ2v) is 5.72. The Hall–Kier alpha value is -1.88. The fourth-order valence-corrected chi connectivity index (χ4v) is 1.77. The van der Waals surface area contributed by atoms with Crippen LogP contribution in [-0.4, -0.2) is 36.3 Å². The number of nitrogens with zero attached hydrogens (tertiary/aromatic N) is 1. The molecule has 0 heterocycles. The fourth-order valence-electron chi connectivity index (χ4n) is 1.77. The van der Waals surface area contributed by atoms with Crippen LogP contribution in [0.3, 0.4) is 0 Å². The van der Waals surface area contributed by atoms with E-state index in [1.165, 1.54) is 5.56 Å². The number of rotatable bonds is 6. The van der Waals surface area contributed by atoms with Gasteiger partial charge in [-0.3, -0.25) is 9.59 Å². The molecule has 5 heteroatoms. The second kappa shape index (κ2) is 7.78. The smallest absolute Gasteiger partial charge is 0.242 e. The number of benzene rings is 1. The second-order valence-electron chi connectivity index (χ2n) is 5.72. The van der Waals surface area contributed by atoms with Crippen LogP contribution in [0.2, 0.25) is 0 Å². The van der Waals surface area contributed by atoms with E-state index >= 15 is 0 Å². The molecule has 5 nitrogen and oxygen atoms in total. The quantitative estimate of drug-likeness (QED) is 0.822. The van der Waals surface area contributed by atoms with Crippen molar-refractivity contribution in [2.24, 2.45) is 11.7 Å². The molecule has 3 N–H and O–H groups in total. The van der Waals surface area contributed by atoms with Gasteiger partial charge in [0.2, 0.25) is 11.8 Å². The Labute approximate surface area is 126 Å². The van der Waals surface area contributed by atoms with Gasteiger partial charge in [0.25, 0.3) is 0 Å². The minimum atomic E-state index is -0.583. The summed E-state index contributed by atoms with van der Waals surface area (Å²) >= 11 is 0. The van der Waals surface area contributed by atoms with E-state index in [-0.39, 0.29) is 24.3 Å².